The summed E-state index contributed by atoms with van der Waals surface area (Å²) >= 11 is 0. The third-order valence-corrected chi connectivity index (χ3v) is 2.58. The minimum absolute atomic E-state index is 0.0191. The Kier molecular flexibility index (Phi) is 7.27. The second kappa shape index (κ2) is 9.24. The predicted octanol–water partition coefficient (Wildman–Crippen LogP) is 0.487. The highest BCUT2D eigenvalue weighted by atomic mass is 16.6. The number of nitrogens with one attached hydrogen (secondary N) is 2. The standard InChI is InChI=1S/C14H17N3O5/c1-22-9-8-15-14(19)10-16-13(18)7-4-11-2-5-12(6-3-11)17(20)21/h2-7H,8-10H2,1H3,(H,15,19)(H,16,18). The molecule has 0 aliphatic rings. The normalized spacial score (nSPS) is 10.4. The molecule has 1 rings (SSSR count). The third kappa shape index (κ3) is 6.62. The first-order valence-electron chi connectivity index (χ1n) is 6.49. The second-order valence-corrected chi connectivity index (χ2v) is 4.24. The number of benzene rings is 1. The fraction of sp³-hybridized carbons (Fsp3) is 0.286. The Labute approximate surface area is 127 Å². The molecule has 2 amide bonds. The molecule has 0 saturated carbocycles. The number of nitro benzene ring substituents is 1. The summed E-state index contributed by atoms with van der Waals surface area (Å²) in [5.41, 5.74) is 0.625. The van der Waals surface area contributed by atoms with E-state index < -0.39 is 10.8 Å². The van der Waals surface area contributed by atoms with Crippen LogP contribution in [0.5, 0.6) is 0 Å². The molecule has 0 heterocycles. The number of hydrogen-bond acceptors (Lipinski definition) is 5. The topological polar surface area (TPSA) is 111 Å². The molecule has 1 aromatic rings. The lowest BCUT2D eigenvalue weighted by Gasteiger charge is -2.04. The van der Waals surface area contributed by atoms with Crippen molar-refractivity contribution in [3.8, 4) is 0 Å². The Morgan fingerprint density at radius 3 is 2.55 bits per heavy atom. The van der Waals surface area contributed by atoms with Gasteiger partial charge in [-0.3, -0.25) is 19.7 Å². The second-order valence-electron chi connectivity index (χ2n) is 4.24. The molecule has 118 valence electrons. The van der Waals surface area contributed by atoms with E-state index in [1.54, 1.807) is 0 Å². The van der Waals surface area contributed by atoms with Gasteiger partial charge in [0, 0.05) is 31.9 Å². The summed E-state index contributed by atoms with van der Waals surface area (Å²) < 4.78 is 4.77. The number of rotatable bonds is 8. The van der Waals surface area contributed by atoms with Crippen molar-refractivity contribution >= 4 is 23.6 Å². The minimum Gasteiger partial charge on any atom is -0.383 e. The van der Waals surface area contributed by atoms with Gasteiger partial charge in [0.05, 0.1) is 18.1 Å². The molecule has 0 bridgehead atoms. The van der Waals surface area contributed by atoms with E-state index in [1.807, 2.05) is 0 Å². The SMILES string of the molecule is COCCNC(=O)CNC(=O)C=Cc1ccc([N+](=O)[O-])cc1. The number of carbonyl (C=O) groups is 2. The van der Waals surface area contributed by atoms with Crippen molar-refractivity contribution in [2.24, 2.45) is 0 Å². The molecule has 0 unspecified atom stereocenters. The summed E-state index contributed by atoms with van der Waals surface area (Å²) in [4.78, 5) is 32.8. The van der Waals surface area contributed by atoms with E-state index >= 15 is 0 Å². The summed E-state index contributed by atoms with van der Waals surface area (Å²) in [5.74, 6) is -0.741. The molecule has 2 N–H and O–H groups in total. The molecule has 22 heavy (non-hydrogen) atoms. The van der Waals surface area contributed by atoms with Gasteiger partial charge < -0.3 is 15.4 Å². The zero-order valence-corrected chi connectivity index (χ0v) is 12.1. The maximum absolute atomic E-state index is 11.5. The number of amides is 2. The van der Waals surface area contributed by atoms with E-state index in [9.17, 15) is 19.7 Å². The summed E-state index contributed by atoms with van der Waals surface area (Å²) in [6, 6.07) is 5.75. The highest BCUT2D eigenvalue weighted by molar-refractivity contribution is 5.94. The van der Waals surface area contributed by atoms with Crippen LogP contribution in [0, 0.1) is 10.1 Å². The van der Waals surface area contributed by atoms with Gasteiger partial charge in [-0.05, 0) is 23.8 Å². The third-order valence-electron chi connectivity index (χ3n) is 2.58. The zero-order valence-electron chi connectivity index (χ0n) is 12.1. The first-order valence-corrected chi connectivity index (χ1v) is 6.49. The summed E-state index contributed by atoms with van der Waals surface area (Å²) in [6.07, 6.45) is 2.76. The molecular weight excluding hydrogens is 290 g/mol. The number of nitrogens with zero attached hydrogens (tertiary/aromatic N) is 1. The van der Waals surface area contributed by atoms with E-state index in [0.717, 1.165) is 0 Å². The number of nitro groups is 1. The van der Waals surface area contributed by atoms with Crippen LogP contribution in [0.15, 0.2) is 30.3 Å². The monoisotopic (exact) mass is 307 g/mol. The molecule has 8 heteroatoms. The van der Waals surface area contributed by atoms with Crippen LogP contribution in [0.4, 0.5) is 5.69 Å². The smallest absolute Gasteiger partial charge is 0.269 e. The van der Waals surface area contributed by atoms with E-state index in [-0.39, 0.29) is 18.1 Å². The van der Waals surface area contributed by atoms with Gasteiger partial charge in [-0.15, -0.1) is 0 Å². The van der Waals surface area contributed by atoms with E-state index in [0.29, 0.717) is 18.7 Å². The first kappa shape index (κ1) is 17.3. The number of non-ortho nitro benzene ring substituents is 1. The molecular formula is C14H17N3O5. The van der Waals surface area contributed by atoms with Gasteiger partial charge in [-0.1, -0.05) is 0 Å². The quantitative estimate of drug-likeness (QED) is 0.314. The van der Waals surface area contributed by atoms with Crippen molar-refractivity contribution in [2.45, 2.75) is 0 Å². The van der Waals surface area contributed by atoms with E-state index in [4.69, 9.17) is 4.74 Å². The highest BCUT2D eigenvalue weighted by Gasteiger charge is 2.04. The highest BCUT2D eigenvalue weighted by Crippen LogP contribution is 2.12. The fourth-order valence-electron chi connectivity index (χ4n) is 1.46. The van der Waals surface area contributed by atoms with Gasteiger partial charge in [0.2, 0.25) is 11.8 Å². The van der Waals surface area contributed by atoms with Gasteiger partial charge in [0.1, 0.15) is 0 Å². The molecule has 0 fully saturated rings. The van der Waals surface area contributed by atoms with Crippen LogP contribution in [-0.2, 0) is 14.3 Å². The molecule has 0 radical (unpaired) electrons. The molecule has 0 spiro atoms. The number of carbonyl (C=O) groups excluding carboxylic acids is 2. The lowest BCUT2D eigenvalue weighted by molar-refractivity contribution is -0.384. The van der Waals surface area contributed by atoms with Gasteiger partial charge in [0.15, 0.2) is 0 Å². The van der Waals surface area contributed by atoms with Crippen molar-refractivity contribution in [3.63, 3.8) is 0 Å². The van der Waals surface area contributed by atoms with Crippen LogP contribution in [0.25, 0.3) is 6.08 Å². The maximum Gasteiger partial charge on any atom is 0.269 e. The van der Waals surface area contributed by atoms with Crippen molar-refractivity contribution in [2.75, 3.05) is 26.8 Å². The fourth-order valence-corrected chi connectivity index (χ4v) is 1.46. The van der Waals surface area contributed by atoms with E-state index in [2.05, 4.69) is 10.6 Å². The van der Waals surface area contributed by atoms with Crippen molar-refractivity contribution in [3.05, 3.63) is 46.0 Å². The van der Waals surface area contributed by atoms with Gasteiger partial charge in [0.25, 0.3) is 5.69 Å². The number of methoxy groups -OCH3 is 1. The van der Waals surface area contributed by atoms with E-state index in [1.165, 1.54) is 43.5 Å². The van der Waals surface area contributed by atoms with Gasteiger partial charge in [-0.25, -0.2) is 0 Å². The van der Waals surface area contributed by atoms with Crippen LogP contribution in [0.1, 0.15) is 5.56 Å². The van der Waals surface area contributed by atoms with Crippen LogP contribution in [0.3, 0.4) is 0 Å². The number of hydrogen-bond donors (Lipinski definition) is 2. The molecule has 1 aromatic carbocycles. The zero-order chi connectivity index (χ0) is 16.4. The molecule has 0 saturated heterocycles. The van der Waals surface area contributed by atoms with Crippen molar-refractivity contribution < 1.29 is 19.2 Å². The molecule has 0 atom stereocenters. The Bertz CT molecular complexity index is 554. The lowest BCUT2D eigenvalue weighted by atomic mass is 10.2. The maximum atomic E-state index is 11.5. The van der Waals surface area contributed by atoms with Crippen LogP contribution in [0.2, 0.25) is 0 Å². The lowest BCUT2D eigenvalue weighted by Crippen LogP contribution is -2.37. The first-order chi connectivity index (χ1) is 10.5. The van der Waals surface area contributed by atoms with Gasteiger partial charge >= 0.3 is 0 Å². The summed E-state index contributed by atoms with van der Waals surface area (Å²) in [7, 11) is 1.52. The predicted molar refractivity (Wildman–Crippen MR) is 80.0 cm³/mol. The number of ether oxygens (including phenoxy) is 1. The Morgan fingerprint density at radius 2 is 1.95 bits per heavy atom. The van der Waals surface area contributed by atoms with Crippen LogP contribution < -0.4 is 10.6 Å². The van der Waals surface area contributed by atoms with Crippen molar-refractivity contribution in [1.29, 1.82) is 0 Å². The average Bonchev–Trinajstić information content (AvgIpc) is 2.51. The Morgan fingerprint density at radius 1 is 1.27 bits per heavy atom. The largest absolute Gasteiger partial charge is 0.383 e. The van der Waals surface area contributed by atoms with Gasteiger partial charge in [-0.2, -0.15) is 0 Å². The van der Waals surface area contributed by atoms with Crippen LogP contribution in [-0.4, -0.2) is 43.5 Å². The molecule has 0 aromatic heterocycles. The molecule has 8 nitrogen and oxygen atoms in total. The Balaban J connectivity index is 2.37. The summed E-state index contributed by atoms with van der Waals surface area (Å²) in [6.45, 7) is 0.650. The average molecular weight is 307 g/mol. The molecule has 0 aliphatic heterocycles. The van der Waals surface area contributed by atoms with Crippen molar-refractivity contribution in [1.82, 2.24) is 10.6 Å². The molecule has 0 aliphatic carbocycles. The van der Waals surface area contributed by atoms with Crippen LogP contribution >= 0.6 is 0 Å². The summed E-state index contributed by atoms with van der Waals surface area (Å²) in [5, 5.41) is 15.5. The minimum atomic E-state index is -0.498. The Hall–Kier alpha value is -2.74.